The summed E-state index contributed by atoms with van der Waals surface area (Å²) >= 11 is 0. The number of anilines is 1. The molecular weight excluding hydrogens is 192 g/mol. The Bertz CT molecular complexity index is 362. The Labute approximate surface area is 88.2 Å². The molecular formula is C10H14N4O. The van der Waals surface area contributed by atoms with Gasteiger partial charge in [0, 0.05) is 24.8 Å². The van der Waals surface area contributed by atoms with Gasteiger partial charge in [-0.15, -0.1) is 0 Å². The summed E-state index contributed by atoms with van der Waals surface area (Å²) in [6, 6.07) is 3.18. The molecule has 1 aromatic rings. The molecule has 15 heavy (non-hydrogen) atoms. The van der Waals surface area contributed by atoms with Crippen LogP contribution >= 0.6 is 0 Å². The molecule has 0 fully saturated rings. The number of nitrogens with zero attached hydrogens (tertiary/aromatic N) is 1. The topological polar surface area (TPSA) is 94.0 Å². The Morgan fingerprint density at radius 3 is 3.00 bits per heavy atom. The molecule has 0 saturated carbocycles. The molecule has 1 amide bonds. The minimum atomic E-state index is -0.460. The molecule has 0 aliphatic rings. The third-order valence-corrected chi connectivity index (χ3v) is 1.75. The van der Waals surface area contributed by atoms with Gasteiger partial charge in [0.25, 0.3) is 0 Å². The Morgan fingerprint density at radius 2 is 2.33 bits per heavy atom. The molecule has 80 valence electrons. The van der Waals surface area contributed by atoms with E-state index in [0.29, 0.717) is 24.5 Å². The third-order valence-electron chi connectivity index (χ3n) is 1.75. The van der Waals surface area contributed by atoms with E-state index in [0.717, 1.165) is 0 Å². The van der Waals surface area contributed by atoms with Crippen LogP contribution in [0.5, 0.6) is 0 Å². The molecule has 0 radical (unpaired) electrons. The number of carbonyl (C=O) groups excluding carboxylic acids is 1. The molecule has 0 spiro atoms. The largest absolute Gasteiger partial charge is 0.367 e. The van der Waals surface area contributed by atoms with Crippen molar-refractivity contribution >= 4 is 11.7 Å². The highest BCUT2D eigenvalue weighted by molar-refractivity contribution is 5.93. The van der Waals surface area contributed by atoms with Crippen molar-refractivity contribution in [2.45, 2.75) is 0 Å². The average molecular weight is 206 g/mol. The van der Waals surface area contributed by atoms with Crippen LogP contribution in [-0.2, 0) is 0 Å². The van der Waals surface area contributed by atoms with Crippen LogP contribution in [0.1, 0.15) is 10.4 Å². The second-order valence-electron chi connectivity index (χ2n) is 2.88. The zero-order chi connectivity index (χ0) is 11.1. The standard InChI is InChI=1S/C10H14N4O/c11-4-1-2-5-13-9-7-8(10(12)15)3-6-14-9/h1-3,6-7H,4-5,11H2,(H2,12,15)(H,13,14)/b2-1+. The number of aromatic nitrogens is 1. The van der Waals surface area contributed by atoms with Gasteiger partial charge >= 0.3 is 0 Å². The van der Waals surface area contributed by atoms with Crippen LogP contribution in [0.2, 0.25) is 0 Å². The van der Waals surface area contributed by atoms with Crippen LogP contribution in [0.4, 0.5) is 5.82 Å². The number of hydrogen-bond donors (Lipinski definition) is 3. The fraction of sp³-hybridized carbons (Fsp3) is 0.200. The fourth-order valence-corrected chi connectivity index (χ4v) is 1.02. The van der Waals surface area contributed by atoms with Gasteiger partial charge in [0.1, 0.15) is 5.82 Å². The lowest BCUT2D eigenvalue weighted by atomic mass is 10.2. The Kier molecular flexibility index (Phi) is 4.30. The number of hydrogen-bond acceptors (Lipinski definition) is 4. The van der Waals surface area contributed by atoms with Crippen molar-refractivity contribution in [1.82, 2.24) is 4.98 Å². The summed E-state index contributed by atoms with van der Waals surface area (Å²) in [7, 11) is 0. The lowest BCUT2D eigenvalue weighted by Crippen LogP contribution is -2.12. The smallest absolute Gasteiger partial charge is 0.248 e. The summed E-state index contributed by atoms with van der Waals surface area (Å²) in [4.78, 5) is 14.9. The number of nitrogens with two attached hydrogens (primary N) is 2. The Morgan fingerprint density at radius 1 is 1.53 bits per heavy atom. The molecule has 1 aromatic heterocycles. The Hall–Kier alpha value is -1.88. The zero-order valence-electron chi connectivity index (χ0n) is 8.31. The van der Waals surface area contributed by atoms with E-state index in [1.807, 2.05) is 12.2 Å². The fourth-order valence-electron chi connectivity index (χ4n) is 1.02. The highest BCUT2D eigenvalue weighted by Gasteiger charge is 2.00. The van der Waals surface area contributed by atoms with Crippen LogP contribution < -0.4 is 16.8 Å². The van der Waals surface area contributed by atoms with Gasteiger partial charge in [0.05, 0.1) is 0 Å². The van der Waals surface area contributed by atoms with E-state index in [1.54, 1.807) is 12.1 Å². The summed E-state index contributed by atoms with van der Waals surface area (Å²) in [5, 5.41) is 3.01. The van der Waals surface area contributed by atoms with Crippen molar-refractivity contribution in [2.75, 3.05) is 18.4 Å². The summed E-state index contributed by atoms with van der Waals surface area (Å²) in [5.74, 6) is 0.158. The number of primary amides is 1. The van der Waals surface area contributed by atoms with Crippen LogP contribution in [-0.4, -0.2) is 24.0 Å². The summed E-state index contributed by atoms with van der Waals surface area (Å²) < 4.78 is 0. The first-order chi connectivity index (χ1) is 7.24. The minimum absolute atomic E-state index is 0.440. The predicted molar refractivity (Wildman–Crippen MR) is 59.4 cm³/mol. The summed E-state index contributed by atoms with van der Waals surface area (Å²) in [5.41, 5.74) is 10.9. The highest BCUT2D eigenvalue weighted by atomic mass is 16.1. The Balaban J connectivity index is 2.58. The normalized spacial score (nSPS) is 10.5. The van der Waals surface area contributed by atoms with Crippen molar-refractivity contribution in [1.29, 1.82) is 0 Å². The average Bonchev–Trinajstić information content (AvgIpc) is 2.25. The number of carbonyl (C=O) groups is 1. The number of pyridine rings is 1. The maximum Gasteiger partial charge on any atom is 0.248 e. The van der Waals surface area contributed by atoms with Crippen LogP contribution in [0, 0.1) is 0 Å². The van der Waals surface area contributed by atoms with E-state index in [1.165, 1.54) is 6.20 Å². The van der Waals surface area contributed by atoms with E-state index >= 15 is 0 Å². The number of nitrogens with one attached hydrogen (secondary N) is 1. The maximum atomic E-state index is 10.9. The monoisotopic (exact) mass is 206 g/mol. The third kappa shape index (κ3) is 3.78. The van der Waals surface area contributed by atoms with Gasteiger partial charge in [-0.2, -0.15) is 0 Å². The van der Waals surface area contributed by atoms with E-state index < -0.39 is 5.91 Å². The van der Waals surface area contributed by atoms with Crippen LogP contribution in [0.3, 0.4) is 0 Å². The maximum absolute atomic E-state index is 10.9. The van der Waals surface area contributed by atoms with Gasteiger partial charge in [0.15, 0.2) is 0 Å². The van der Waals surface area contributed by atoms with Gasteiger partial charge in [-0.1, -0.05) is 12.2 Å². The van der Waals surface area contributed by atoms with Crippen molar-refractivity contribution in [3.8, 4) is 0 Å². The molecule has 1 heterocycles. The number of amides is 1. The van der Waals surface area contributed by atoms with Gasteiger partial charge in [-0.25, -0.2) is 4.98 Å². The first-order valence-electron chi connectivity index (χ1n) is 4.59. The summed E-state index contributed by atoms with van der Waals surface area (Å²) in [6.07, 6.45) is 5.26. The predicted octanol–water partition coefficient (Wildman–Crippen LogP) is 0.107. The second kappa shape index (κ2) is 5.77. The zero-order valence-corrected chi connectivity index (χ0v) is 8.31. The van der Waals surface area contributed by atoms with Crippen molar-refractivity contribution in [3.05, 3.63) is 36.0 Å². The molecule has 0 aliphatic carbocycles. The molecule has 0 atom stereocenters. The van der Waals surface area contributed by atoms with Crippen LogP contribution in [0.15, 0.2) is 30.5 Å². The first-order valence-corrected chi connectivity index (χ1v) is 4.59. The lowest BCUT2D eigenvalue weighted by Gasteiger charge is -2.02. The molecule has 1 rings (SSSR count). The molecule has 0 bridgehead atoms. The van der Waals surface area contributed by atoms with Crippen LogP contribution in [0.25, 0.3) is 0 Å². The van der Waals surface area contributed by atoms with E-state index in [4.69, 9.17) is 11.5 Å². The van der Waals surface area contributed by atoms with Gasteiger partial charge in [-0.05, 0) is 12.1 Å². The second-order valence-corrected chi connectivity index (χ2v) is 2.88. The van der Waals surface area contributed by atoms with Crippen molar-refractivity contribution in [2.24, 2.45) is 11.5 Å². The lowest BCUT2D eigenvalue weighted by molar-refractivity contribution is 0.1000. The van der Waals surface area contributed by atoms with Gasteiger partial charge < -0.3 is 16.8 Å². The minimum Gasteiger partial charge on any atom is -0.367 e. The van der Waals surface area contributed by atoms with E-state index in [9.17, 15) is 4.79 Å². The number of rotatable bonds is 5. The summed E-state index contributed by atoms with van der Waals surface area (Å²) in [6.45, 7) is 1.13. The van der Waals surface area contributed by atoms with Crippen molar-refractivity contribution in [3.63, 3.8) is 0 Å². The molecule has 0 aromatic carbocycles. The van der Waals surface area contributed by atoms with Gasteiger partial charge in [-0.3, -0.25) is 4.79 Å². The molecule has 0 saturated heterocycles. The molecule has 5 heteroatoms. The quantitative estimate of drug-likeness (QED) is 0.596. The first kappa shape index (κ1) is 11.2. The molecule has 5 N–H and O–H groups in total. The highest BCUT2D eigenvalue weighted by Crippen LogP contribution is 2.05. The SMILES string of the molecule is NC/C=C/CNc1cc(C(N)=O)ccn1. The molecule has 0 aliphatic heterocycles. The molecule has 5 nitrogen and oxygen atoms in total. The van der Waals surface area contributed by atoms with Gasteiger partial charge in [0.2, 0.25) is 5.91 Å². The van der Waals surface area contributed by atoms with Crippen molar-refractivity contribution < 1.29 is 4.79 Å². The molecule has 0 unspecified atom stereocenters. The van der Waals surface area contributed by atoms with E-state index in [-0.39, 0.29) is 0 Å². The van der Waals surface area contributed by atoms with E-state index in [2.05, 4.69) is 10.3 Å².